The number of nitrogens with zero attached hydrogens (tertiary/aromatic N) is 4. The summed E-state index contributed by atoms with van der Waals surface area (Å²) in [6.07, 6.45) is 13.9. The van der Waals surface area contributed by atoms with Crippen molar-refractivity contribution in [1.82, 2.24) is 19.6 Å². The van der Waals surface area contributed by atoms with E-state index in [9.17, 15) is 4.79 Å². The van der Waals surface area contributed by atoms with Crippen LogP contribution in [0.4, 0.5) is 0 Å². The number of hydrogen-bond acceptors (Lipinski definition) is 3. The summed E-state index contributed by atoms with van der Waals surface area (Å²) in [6.45, 7) is 2.98. The van der Waals surface area contributed by atoms with E-state index in [1.165, 1.54) is 44.1 Å². The monoisotopic (exact) mass is 358 g/mol. The van der Waals surface area contributed by atoms with Gasteiger partial charge in [0, 0.05) is 50.4 Å². The van der Waals surface area contributed by atoms with Crippen LogP contribution in [0.2, 0.25) is 0 Å². The number of rotatable bonds is 4. The maximum atomic E-state index is 12.9. The molecule has 1 aromatic rings. The molecule has 2 saturated carbocycles. The number of carbonyl (C=O) groups is 1. The highest BCUT2D eigenvalue weighted by Crippen LogP contribution is 2.41. The largest absolute Gasteiger partial charge is 0.342 e. The van der Waals surface area contributed by atoms with Crippen molar-refractivity contribution >= 4 is 5.91 Å². The zero-order chi connectivity index (χ0) is 18.1. The maximum absolute atomic E-state index is 12.9. The van der Waals surface area contributed by atoms with E-state index in [2.05, 4.69) is 28.1 Å². The molecule has 5 heteroatoms. The fourth-order valence-electron chi connectivity index (χ4n) is 5.59. The number of amides is 1. The Labute approximate surface area is 157 Å². The van der Waals surface area contributed by atoms with Gasteiger partial charge in [0.1, 0.15) is 0 Å². The second kappa shape index (κ2) is 7.71. The number of aryl methyl sites for hydroxylation is 1. The first-order valence-corrected chi connectivity index (χ1v) is 10.6. The zero-order valence-electron chi connectivity index (χ0n) is 16.4. The van der Waals surface area contributed by atoms with Gasteiger partial charge in [0.25, 0.3) is 0 Å². The van der Waals surface area contributed by atoms with Crippen molar-refractivity contribution in [2.75, 3.05) is 20.1 Å². The molecule has 0 N–H and O–H groups in total. The molecule has 144 valence electrons. The van der Waals surface area contributed by atoms with Crippen molar-refractivity contribution in [3.8, 4) is 0 Å². The van der Waals surface area contributed by atoms with Crippen molar-refractivity contribution in [3.05, 3.63) is 18.0 Å². The average Bonchev–Trinajstić information content (AvgIpc) is 3.27. The van der Waals surface area contributed by atoms with Gasteiger partial charge in [0.2, 0.25) is 5.91 Å². The molecule has 0 spiro atoms. The molecule has 1 amide bonds. The Kier molecular flexibility index (Phi) is 5.35. The van der Waals surface area contributed by atoms with Gasteiger partial charge < -0.3 is 4.90 Å². The summed E-state index contributed by atoms with van der Waals surface area (Å²) in [4.78, 5) is 17.6. The molecule has 2 aliphatic carbocycles. The summed E-state index contributed by atoms with van der Waals surface area (Å²) >= 11 is 0. The highest BCUT2D eigenvalue weighted by molar-refractivity contribution is 5.79. The summed E-state index contributed by atoms with van der Waals surface area (Å²) in [7, 11) is 4.23. The van der Waals surface area contributed by atoms with E-state index in [1.807, 2.05) is 17.9 Å². The third kappa shape index (κ3) is 3.83. The number of carbonyl (C=O) groups excluding carboxylic acids is 1. The minimum Gasteiger partial charge on any atom is -0.342 e. The lowest BCUT2D eigenvalue weighted by Crippen LogP contribution is -2.45. The maximum Gasteiger partial charge on any atom is 0.225 e. The molecule has 1 aliphatic heterocycles. The molecule has 0 unspecified atom stereocenters. The standard InChI is InChI=1S/C21H34N4O/c1-23(13-16-12-22-24(2)14-16)20-10-18-8-9-25(15-19(18)11-20)21(26)17-6-4-3-5-7-17/h12,14,17-20H,3-11,13,15H2,1-2H3/t18-,19-,20+/m1/s1. The molecular weight excluding hydrogens is 324 g/mol. The number of fused-ring (bicyclic) bond motifs is 1. The second-order valence-electron chi connectivity index (χ2n) is 8.99. The molecule has 4 rings (SSSR count). The summed E-state index contributed by atoms with van der Waals surface area (Å²) in [5, 5.41) is 4.29. The summed E-state index contributed by atoms with van der Waals surface area (Å²) in [6, 6.07) is 0.648. The number of likely N-dealkylation sites (tertiary alicyclic amines) is 1. The normalized spacial score (nSPS) is 30.0. The molecule has 3 aliphatic rings. The van der Waals surface area contributed by atoms with Crippen LogP contribution in [-0.2, 0) is 18.4 Å². The molecule has 3 fully saturated rings. The van der Waals surface area contributed by atoms with Gasteiger partial charge in [-0.3, -0.25) is 14.4 Å². The predicted molar refractivity (Wildman–Crippen MR) is 102 cm³/mol. The van der Waals surface area contributed by atoms with Crippen LogP contribution in [0.5, 0.6) is 0 Å². The Morgan fingerprint density at radius 3 is 2.69 bits per heavy atom. The van der Waals surface area contributed by atoms with Crippen LogP contribution < -0.4 is 0 Å². The van der Waals surface area contributed by atoms with Crippen molar-refractivity contribution in [1.29, 1.82) is 0 Å². The number of hydrogen-bond donors (Lipinski definition) is 0. The Balaban J connectivity index is 1.31. The highest BCUT2D eigenvalue weighted by atomic mass is 16.2. The Morgan fingerprint density at radius 1 is 1.19 bits per heavy atom. The molecule has 26 heavy (non-hydrogen) atoms. The Morgan fingerprint density at radius 2 is 1.96 bits per heavy atom. The first-order chi connectivity index (χ1) is 12.6. The van der Waals surface area contributed by atoms with Crippen LogP contribution in [0, 0.1) is 17.8 Å². The average molecular weight is 359 g/mol. The topological polar surface area (TPSA) is 41.4 Å². The molecule has 0 aromatic carbocycles. The van der Waals surface area contributed by atoms with Gasteiger partial charge in [-0.25, -0.2) is 0 Å². The lowest BCUT2D eigenvalue weighted by molar-refractivity contribution is -0.139. The molecule has 0 bridgehead atoms. The van der Waals surface area contributed by atoms with Crippen LogP contribution in [0.1, 0.15) is 56.9 Å². The van der Waals surface area contributed by atoms with Gasteiger partial charge in [-0.2, -0.15) is 5.10 Å². The van der Waals surface area contributed by atoms with Crippen molar-refractivity contribution in [2.45, 2.75) is 64.0 Å². The number of piperidine rings is 1. The van der Waals surface area contributed by atoms with Gasteiger partial charge >= 0.3 is 0 Å². The van der Waals surface area contributed by atoms with Gasteiger partial charge in [-0.1, -0.05) is 19.3 Å². The first kappa shape index (κ1) is 18.0. The first-order valence-electron chi connectivity index (χ1n) is 10.6. The molecule has 1 saturated heterocycles. The Bertz CT molecular complexity index is 621. The molecule has 0 radical (unpaired) electrons. The fraction of sp³-hybridized carbons (Fsp3) is 0.810. The van der Waals surface area contributed by atoms with E-state index in [0.29, 0.717) is 23.8 Å². The summed E-state index contributed by atoms with van der Waals surface area (Å²) < 4.78 is 1.88. The summed E-state index contributed by atoms with van der Waals surface area (Å²) in [5.74, 6) is 2.31. The lowest BCUT2D eigenvalue weighted by Gasteiger charge is -2.37. The SMILES string of the molecule is CN(Cc1cnn(C)c1)[C@H]1C[C@H]2CCN(C(=O)C3CCCCC3)C[C@H]2C1. The zero-order valence-corrected chi connectivity index (χ0v) is 16.4. The molecular formula is C21H34N4O. The van der Waals surface area contributed by atoms with Gasteiger partial charge in [0.15, 0.2) is 0 Å². The quantitative estimate of drug-likeness (QED) is 0.831. The van der Waals surface area contributed by atoms with Gasteiger partial charge in [-0.05, 0) is 51.0 Å². The smallest absolute Gasteiger partial charge is 0.225 e. The van der Waals surface area contributed by atoms with Crippen LogP contribution >= 0.6 is 0 Å². The van der Waals surface area contributed by atoms with Gasteiger partial charge in [0.05, 0.1) is 6.20 Å². The van der Waals surface area contributed by atoms with E-state index in [1.54, 1.807) is 0 Å². The summed E-state index contributed by atoms with van der Waals surface area (Å²) in [5.41, 5.74) is 1.29. The molecule has 2 heterocycles. The minimum atomic E-state index is 0.325. The fourth-order valence-corrected chi connectivity index (χ4v) is 5.59. The second-order valence-corrected chi connectivity index (χ2v) is 8.99. The van der Waals surface area contributed by atoms with Crippen LogP contribution in [0.25, 0.3) is 0 Å². The lowest BCUT2D eigenvalue weighted by atomic mass is 9.85. The minimum absolute atomic E-state index is 0.325. The predicted octanol–water partition coefficient (Wildman–Crippen LogP) is 3.06. The van der Waals surface area contributed by atoms with Crippen molar-refractivity contribution in [3.63, 3.8) is 0 Å². The Hall–Kier alpha value is -1.36. The third-order valence-corrected chi connectivity index (χ3v) is 7.12. The van der Waals surface area contributed by atoms with Gasteiger partial charge in [-0.15, -0.1) is 0 Å². The molecule has 5 nitrogen and oxygen atoms in total. The van der Waals surface area contributed by atoms with Crippen molar-refractivity contribution < 1.29 is 4.79 Å². The van der Waals surface area contributed by atoms with E-state index in [4.69, 9.17) is 0 Å². The van der Waals surface area contributed by atoms with E-state index >= 15 is 0 Å². The highest BCUT2D eigenvalue weighted by Gasteiger charge is 2.41. The van der Waals surface area contributed by atoms with Crippen LogP contribution in [0.15, 0.2) is 12.4 Å². The van der Waals surface area contributed by atoms with E-state index in [-0.39, 0.29) is 0 Å². The van der Waals surface area contributed by atoms with Crippen molar-refractivity contribution in [2.24, 2.45) is 24.8 Å². The third-order valence-electron chi connectivity index (χ3n) is 7.12. The van der Waals surface area contributed by atoms with E-state index in [0.717, 1.165) is 38.4 Å². The molecule has 3 atom stereocenters. The molecule has 1 aromatic heterocycles. The van der Waals surface area contributed by atoms with Crippen LogP contribution in [-0.4, -0.2) is 51.7 Å². The number of aromatic nitrogens is 2. The van der Waals surface area contributed by atoms with E-state index < -0.39 is 0 Å². The van der Waals surface area contributed by atoms with Crippen LogP contribution in [0.3, 0.4) is 0 Å².